The van der Waals surface area contributed by atoms with Gasteiger partial charge >= 0.3 is 0 Å². The Labute approximate surface area is 111 Å². The van der Waals surface area contributed by atoms with E-state index in [1.54, 1.807) is 0 Å². The average Bonchev–Trinajstić information content (AvgIpc) is 2.42. The molecule has 0 heterocycles. The van der Waals surface area contributed by atoms with Crippen LogP contribution in [0.15, 0.2) is 30.3 Å². The van der Waals surface area contributed by atoms with E-state index >= 15 is 0 Å². The lowest BCUT2D eigenvalue weighted by molar-refractivity contribution is 0.235. The van der Waals surface area contributed by atoms with Crippen LogP contribution in [-0.2, 0) is 0 Å². The Morgan fingerprint density at radius 1 is 1.06 bits per heavy atom. The van der Waals surface area contributed by atoms with Crippen LogP contribution in [-0.4, -0.2) is 37.7 Å². The Bertz CT molecular complexity index is 290. The third-order valence-corrected chi connectivity index (χ3v) is 2.90. The van der Waals surface area contributed by atoms with E-state index < -0.39 is 0 Å². The molecule has 18 heavy (non-hydrogen) atoms. The highest BCUT2D eigenvalue weighted by Crippen LogP contribution is 2.08. The molecule has 3 nitrogen and oxygen atoms in total. The van der Waals surface area contributed by atoms with Gasteiger partial charge in [-0.3, -0.25) is 0 Å². The van der Waals surface area contributed by atoms with Gasteiger partial charge in [-0.25, -0.2) is 0 Å². The van der Waals surface area contributed by atoms with Crippen LogP contribution in [0.2, 0.25) is 0 Å². The van der Waals surface area contributed by atoms with Gasteiger partial charge in [-0.15, -0.1) is 0 Å². The summed E-state index contributed by atoms with van der Waals surface area (Å²) >= 11 is 0. The largest absolute Gasteiger partial charge is 0.494 e. The summed E-state index contributed by atoms with van der Waals surface area (Å²) in [6.45, 7) is 6.95. The normalized spacial score (nSPS) is 10.8. The van der Waals surface area contributed by atoms with E-state index in [1.807, 2.05) is 30.3 Å². The lowest BCUT2D eigenvalue weighted by Crippen LogP contribution is -2.32. The molecule has 0 aromatic heterocycles. The van der Waals surface area contributed by atoms with Crippen LogP contribution in [0.25, 0.3) is 0 Å². The van der Waals surface area contributed by atoms with Crippen molar-refractivity contribution < 1.29 is 4.74 Å². The van der Waals surface area contributed by atoms with Crippen LogP contribution in [0.3, 0.4) is 0 Å². The highest BCUT2D eigenvalue weighted by atomic mass is 16.5. The van der Waals surface area contributed by atoms with Crippen LogP contribution >= 0.6 is 0 Å². The summed E-state index contributed by atoms with van der Waals surface area (Å²) in [5.74, 6) is 0.955. The maximum atomic E-state index is 5.68. The summed E-state index contributed by atoms with van der Waals surface area (Å²) in [6.07, 6.45) is 3.54. The number of para-hydroxylation sites is 1. The number of nitrogens with two attached hydrogens (primary N) is 1. The highest BCUT2D eigenvalue weighted by molar-refractivity contribution is 5.20. The lowest BCUT2D eigenvalue weighted by Gasteiger charge is -2.21. The minimum atomic E-state index is 0.739. The van der Waals surface area contributed by atoms with Crippen LogP contribution in [0.5, 0.6) is 5.75 Å². The third-order valence-electron chi connectivity index (χ3n) is 2.90. The fraction of sp³-hybridized carbons (Fsp3) is 0.600. The number of hydrogen-bond donors (Lipinski definition) is 1. The van der Waals surface area contributed by atoms with Gasteiger partial charge in [-0.05, 0) is 31.5 Å². The molecular weight excluding hydrogens is 224 g/mol. The molecule has 0 aliphatic heterocycles. The number of nitrogens with zero attached hydrogens (tertiary/aromatic N) is 1. The standard InChI is InChI=1S/C15H26N2O/c1-2-3-11-17(13-10-16)12-7-14-18-15-8-5-4-6-9-15/h4-6,8-9H,2-3,7,10-14,16H2,1H3. The van der Waals surface area contributed by atoms with Gasteiger partial charge in [0.2, 0.25) is 0 Å². The molecule has 1 aromatic carbocycles. The molecule has 0 aliphatic carbocycles. The molecule has 2 N–H and O–H groups in total. The first-order valence-electron chi connectivity index (χ1n) is 6.97. The number of rotatable bonds is 10. The molecule has 1 rings (SSSR count). The van der Waals surface area contributed by atoms with E-state index in [9.17, 15) is 0 Å². The van der Waals surface area contributed by atoms with E-state index in [0.717, 1.165) is 45.0 Å². The minimum Gasteiger partial charge on any atom is -0.494 e. The quantitative estimate of drug-likeness (QED) is 0.648. The van der Waals surface area contributed by atoms with Crippen molar-refractivity contribution in [3.05, 3.63) is 30.3 Å². The van der Waals surface area contributed by atoms with Gasteiger partial charge in [0.1, 0.15) is 5.75 Å². The van der Waals surface area contributed by atoms with Crippen molar-refractivity contribution >= 4 is 0 Å². The zero-order valence-corrected chi connectivity index (χ0v) is 11.5. The monoisotopic (exact) mass is 250 g/mol. The van der Waals surface area contributed by atoms with Crippen LogP contribution in [0.4, 0.5) is 0 Å². The highest BCUT2D eigenvalue weighted by Gasteiger charge is 2.02. The smallest absolute Gasteiger partial charge is 0.119 e. The second-order valence-electron chi connectivity index (χ2n) is 4.50. The molecule has 0 radical (unpaired) electrons. The molecule has 0 unspecified atom stereocenters. The molecule has 102 valence electrons. The molecule has 0 atom stereocenters. The Morgan fingerprint density at radius 2 is 1.78 bits per heavy atom. The first kappa shape index (κ1) is 15.0. The summed E-state index contributed by atoms with van der Waals surface area (Å²) in [5.41, 5.74) is 5.62. The maximum absolute atomic E-state index is 5.68. The Morgan fingerprint density at radius 3 is 2.44 bits per heavy atom. The van der Waals surface area contributed by atoms with Gasteiger partial charge in [0.05, 0.1) is 6.61 Å². The molecule has 0 bridgehead atoms. The fourth-order valence-corrected chi connectivity index (χ4v) is 1.89. The summed E-state index contributed by atoms with van der Waals surface area (Å²) < 4.78 is 5.68. The molecule has 0 spiro atoms. The predicted octanol–water partition coefficient (Wildman–Crippen LogP) is 2.52. The van der Waals surface area contributed by atoms with Crippen molar-refractivity contribution in [2.75, 3.05) is 32.8 Å². The van der Waals surface area contributed by atoms with Gasteiger partial charge in [-0.2, -0.15) is 0 Å². The van der Waals surface area contributed by atoms with Crippen LogP contribution in [0, 0.1) is 0 Å². The van der Waals surface area contributed by atoms with Crippen molar-refractivity contribution in [3.8, 4) is 5.75 Å². The summed E-state index contributed by atoms with van der Waals surface area (Å²) in [4.78, 5) is 2.43. The van der Waals surface area contributed by atoms with Gasteiger partial charge in [-0.1, -0.05) is 31.5 Å². The van der Waals surface area contributed by atoms with Gasteiger partial charge in [0.25, 0.3) is 0 Å². The van der Waals surface area contributed by atoms with Crippen molar-refractivity contribution in [3.63, 3.8) is 0 Å². The Hall–Kier alpha value is -1.06. The maximum Gasteiger partial charge on any atom is 0.119 e. The minimum absolute atomic E-state index is 0.739. The molecular formula is C15H26N2O. The third kappa shape index (κ3) is 6.62. The molecule has 0 aliphatic rings. The zero-order valence-electron chi connectivity index (χ0n) is 11.5. The number of hydrogen-bond acceptors (Lipinski definition) is 3. The molecule has 0 saturated carbocycles. The van der Waals surface area contributed by atoms with Crippen LogP contribution in [0.1, 0.15) is 26.2 Å². The van der Waals surface area contributed by atoms with Crippen molar-refractivity contribution in [2.24, 2.45) is 5.73 Å². The number of unbranched alkanes of at least 4 members (excludes halogenated alkanes) is 1. The molecule has 0 saturated heterocycles. The van der Waals surface area contributed by atoms with Gasteiger partial charge in [0.15, 0.2) is 0 Å². The molecule has 1 aromatic rings. The zero-order chi connectivity index (χ0) is 13.1. The number of ether oxygens (including phenoxy) is 1. The molecule has 0 fully saturated rings. The van der Waals surface area contributed by atoms with Crippen molar-refractivity contribution in [1.29, 1.82) is 0 Å². The van der Waals surface area contributed by atoms with Gasteiger partial charge in [0, 0.05) is 19.6 Å². The second-order valence-corrected chi connectivity index (χ2v) is 4.50. The Kier molecular flexibility index (Phi) is 8.26. The SMILES string of the molecule is CCCCN(CCN)CCCOc1ccccc1. The molecule has 0 amide bonds. The van der Waals surface area contributed by atoms with E-state index in [1.165, 1.54) is 12.8 Å². The topological polar surface area (TPSA) is 38.5 Å². The van der Waals surface area contributed by atoms with Gasteiger partial charge < -0.3 is 15.4 Å². The predicted molar refractivity (Wildman–Crippen MR) is 77.0 cm³/mol. The fourth-order valence-electron chi connectivity index (χ4n) is 1.89. The van der Waals surface area contributed by atoms with E-state index in [-0.39, 0.29) is 0 Å². The molecule has 3 heteroatoms. The van der Waals surface area contributed by atoms with E-state index in [4.69, 9.17) is 10.5 Å². The average molecular weight is 250 g/mol. The summed E-state index contributed by atoms with van der Waals surface area (Å²) in [6, 6.07) is 9.98. The van der Waals surface area contributed by atoms with Crippen molar-refractivity contribution in [1.82, 2.24) is 4.90 Å². The first-order chi connectivity index (χ1) is 8.86. The van der Waals surface area contributed by atoms with Crippen molar-refractivity contribution in [2.45, 2.75) is 26.2 Å². The first-order valence-corrected chi connectivity index (χ1v) is 6.97. The second kappa shape index (κ2) is 9.92. The van der Waals surface area contributed by atoms with E-state index in [0.29, 0.717) is 0 Å². The summed E-state index contributed by atoms with van der Waals surface area (Å²) in [7, 11) is 0. The summed E-state index contributed by atoms with van der Waals surface area (Å²) in [5, 5.41) is 0. The van der Waals surface area contributed by atoms with E-state index in [2.05, 4.69) is 11.8 Å². The number of benzene rings is 1. The van der Waals surface area contributed by atoms with Crippen LogP contribution < -0.4 is 10.5 Å². The lowest BCUT2D eigenvalue weighted by atomic mass is 10.3. The Balaban J connectivity index is 2.14.